The van der Waals surface area contributed by atoms with Crippen molar-refractivity contribution in [1.82, 2.24) is 9.55 Å². The van der Waals surface area contributed by atoms with E-state index in [1.165, 1.54) is 47.6 Å². The highest BCUT2D eigenvalue weighted by molar-refractivity contribution is 7.26. The van der Waals surface area contributed by atoms with E-state index in [0.717, 1.165) is 11.3 Å². The van der Waals surface area contributed by atoms with Crippen LogP contribution >= 0.6 is 11.3 Å². The van der Waals surface area contributed by atoms with Gasteiger partial charge in [-0.25, -0.2) is 4.98 Å². The van der Waals surface area contributed by atoms with E-state index in [0.29, 0.717) is 0 Å². The summed E-state index contributed by atoms with van der Waals surface area (Å²) in [4.78, 5) is 4.74. The molecule has 0 unspecified atom stereocenters. The summed E-state index contributed by atoms with van der Waals surface area (Å²) in [5, 5.41) is 5.07. The summed E-state index contributed by atoms with van der Waals surface area (Å²) in [7, 11) is 0. The van der Waals surface area contributed by atoms with Crippen molar-refractivity contribution in [2.75, 3.05) is 0 Å². The number of benzene rings is 4. The molecule has 3 heterocycles. The fourth-order valence-electron chi connectivity index (χ4n) is 4.84. The Hall–Kier alpha value is -3.95. The van der Waals surface area contributed by atoms with Gasteiger partial charge in [0.25, 0.3) is 0 Å². The summed E-state index contributed by atoms with van der Waals surface area (Å²) in [6.45, 7) is 0. The molecule has 4 aromatic carbocycles. The standard InChI is InChI=1S/C29H18N2S/c1-3-15-26-22(10-1)25-14-7-17-30-29(25)31(26)20-9-5-8-19(18-20)21-12-6-13-24-23-11-2-4-16-27(23)32-28(21)24/h1-18H. The number of thiophene rings is 1. The molecule has 3 aromatic heterocycles. The second-order valence-electron chi connectivity index (χ2n) is 8.06. The summed E-state index contributed by atoms with van der Waals surface area (Å²) in [5.74, 6) is 0. The molecule has 2 nitrogen and oxygen atoms in total. The SMILES string of the molecule is c1cc(-c2cccc3c2sc2ccccc23)cc(-n2c3ccccc3c3cccnc32)c1. The molecule has 0 bridgehead atoms. The Labute approximate surface area is 189 Å². The average molecular weight is 427 g/mol. The zero-order valence-electron chi connectivity index (χ0n) is 17.2. The first-order chi connectivity index (χ1) is 15.9. The molecule has 0 N–H and O–H groups in total. The van der Waals surface area contributed by atoms with E-state index < -0.39 is 0 Å². The first kappa shape index (κ1) is 17.7. The maximum atomic E-state index is 4.74. The van der Waals surface area contributed by atoms with E-state index in [9.17, 15) is 0 Å². The molecule has 7 rings (SSSR count). The Morgan fingerprint density at radius 2 is 1.41 bits per heavy atom. The van der Waals surface area contributed by atoms with Gasteiger partial charge in [-0.1, -0.05) is 66.7 Å². The van der Waals surface area contributed by atoms with Crippen LogP contribution in [0.5, 0.6) is 0 Å². The van der Waals surface area contributed by atoms with Crippen molar-refractivity contribution < 1.29 is 0 Å². The Balaban J connectivity index is 1.50. The number of aromatic nitrogens is 2. The van der Waals surface area contributed by atoms with Crippen molar-refractivity contribution in [1.29, 1.82) is 0 Å². The van der Waals surface area contributed by atoms with Gasteiger partial charge in [0.1, 0.15) is 5.65 Å². The molecule has 0 amide bonds. The molecule has 0 saturated heterocycles. The smallest absolute Gasteiger partial charge is 0.145 e. The zero-order chi connectivity index (χ0) is 21.1. The fourth-order valence-corrected chi connectivity index (χ4v) is 6.08. The van der Waals surface area contributed by atoms with Crippen LogP contribution in [0, 0.1) is 0 Å². The zero-order valence-corrected chi connectivity index (χ0v) is 18.0. The predicted octanol–water partition coefficient (Wildman–Crippen LogP) is 8.21. The van der Waals surface area contributed by atoms with Gasteiger partial charge in [-0.2, -0.15) is 0 Å². The number of pyridine rings is 1. The van der Waals surface area contributed by atoms with Crippen LogP contribution < -0.4 is 0 Å². The molecule has 0 radical (unpaired) electrons. The van der Waals surface area contributed by atoms with Gasteiger partial charge in [-0.15, -0.1) is 11.3 Å². The molecule has 7 aromatic rings. The van der Waals surface area contributed by atoms with Crippen molar-refractivity contribution in [3.63, 3.8) is 0 Å². The quantitative estimate of drug-likeness (QED) is 0.272. The first-order valence-electron chi connectivity index (χ1n) is 10.7. The Morgan fingerprint density at radius 3 is 2.38 bits per heavy atom. The lowest BCUT2D eigenvalue weighted by Gasteiger charge is -2.10. The maximum absolute atomic E-state index is 4.74. The van der Waals surface area contributed by atoms with Crippen LogP contribution in [0.1, 0.15) is 0 Å². The van der Waals surface area contributed by atoms with E-state index in [1.54, 1.807) is 0 Å². The minimum absolute atomic E-state index is 0.992. The Morgan fingerprint density at radius 1 is 0.625 bits per heavy atom. The summed E-state index contributed by atoms with van der Waals surface area (Å²) < 4.78 is 4.95. The number of hydrogen-bond donors (Lipinski definition) is 0. The second-order valence-corrected chi connectivity index (χ2v) is 9.11. The van der Waals surface area contributed by atoms with Crippen LogP contribution in [0.15, 0.2) is 109 Å². The lowest BCUT2D eigenvalue weighted by atomic mass is 10.0. The Bertz CT molecular complexity index is 1730. The van der Waals surface area contributed by atoms with Gasteiger partial charge in [0, 0.05) is 42.8 Å². The first-order valence-corrected chi connectivity index (χ1v) is 11.6. The van der Waals surface area contributed by atoms with E-state index in [1.807, 2.05) is 23.6 Å². The van der Waals surface area contributed by atoms with Crippen molar-refractivity contribution in [2.45, 2.75) is 0 Å². The molecule has 0 atom stereocenters. The second kappa shape index (κ2) is 6.78. The van der Waals surface area contributed by atoms with Gasteiger partial charge in [0.2, 0.25) is 0 Å². The van der Waals surface area contributed by atoms with Gasteiger partial charge < -0.3 is 0 Å². The van der Waals surface area contributed by atoms with Gasteiger partial charge in [-0.05, 0) is 47.5 Å². The number of rotatable bonds is 2. The number of nitrogens with zero attached hydrogens (tertiary/aromatic N) is 2. The van der Waals surface area contributed by atoms with Crippen molar-refractivity contribution >= 4 is 53.4 Å². The molecule has 0 fully saturated rings. The highest BCUT2D eigenvalue weighted by Gasteiger charge is 2.14. The largest absolute Gasteiger partial charge is 0.294 e. The minimum Gasteiger partial charge on any atom is -0.294 e. The van der Waals surface area contributed by atoms with Gasteiger partial charge >= 0.3 is 0 Å². The van der Waals surface area contributed by atoms with Gasteiger partial charge in [0.05, 0.1) is 5.52 Å². The van der Waals surface area contributed by atoms with Crippen LogP contribution in [-0.2, 0) is 0 Å². The van der Waals surface area contributed by atoms with E-state index in [4.69, 9.17) is 4.98 Å². The minimum atomic E-state index is 0.992. The molecule has 150 valence electrons. The van der Waals surface area contributed by atoms with Crippen LogP contribution in [-0.4, -0.2) is 9.55 Å². The molecular formula is C29H18N2S. The fraction of sp³-hybridized carbons (Fsp3) is 0. The van der Waals surface area contributed by atoms with Crippen LogP contribution in [0.3, 0.4) is 0 Å². The molecule has 0 aliphatic rings. The average Bonchev–Trinajstić information content (AvgIpc) is 3.40. The Kier molecular flexibility index (Phi) is 3.75. The summed E-state index contributed by atoms with van der Waals surface area (Å²) in [5.41, 5.74) is 5.80. The van der Waals surface area contributed by atoms with E-state index in [-0.39, 0.29) is 0 Å². The third kappa shape index (κ3) is 2.49. The lowest BCUT2D eigenvalue weighted by Crippen LogP contribution is -1.95. The maximum Gasteiger partial charge on any atom is 0.145 e. The van der Waals surface area contributed by atoms with Gasteiger partial charge in [-0.3, -0.25) is 4.57 Å². The monoisotopic (exact) mass is 426 g/mol. The number of hydrogen-bond acceptors (Lipinski definition) is 2. The molecule has 0 aliphatic carbocycles. The van der Waals surface area contributed by atoms with Gasteiger partial charge in [0.15, 0.2) is 0 Å². The van der Waals surface area contributed by atoms with Crippen molar-refractivity contribution in [3.05, 3.63) is 109 Å². The highest BCUT2D eigenvalue weighted by atomic mass is 32.1. The highest BCUT2D eigenvalue weighted by Crippen LogP contribution is 2.40. The van der Waals surface area contributed by atoms with Crippen LogP contribution in [0.2, 0.25) is 0 Å². The third-order valence-electron chi connectivity index (χ3n) is 6.25. The number of fused-ring (bicyclic) bond motifs is 6. The normalized spacial score (nSPS) is 11.8. The third-order valence-corrected chi connectivity index (χ3v) is 7.47. The topological polar surface area (TPSA) is 17.8 Å². The molecule has 32 heavy (non-hydrogen) atoms. The van der Waals surface area contributed by atoms with Crippen molar-refractivity contribution in [3.8, 4) is 16.8 Å². The molecule has 0 aliphatic heterocycles. The molecule has 0 spiro atoms. The van der Waals surface area contributed by atoms with E-state index in [2.05, 4.69) is 102 Å². The lowest BCUT2D eigenvalue weighted by molar-refractivity contribution is 1.14. The summed E-state index contributed by atoms with van der Waals surface area (Å²) >= 11 is 1.87. The molecular weight excluding hydrogens is 408 g/mol. The molecule has 3 heteroatoms. The summed E-state index contributed by atoms with van der Waals surface area (Å²) in [6, 6.07) is 36.9. The molecule has 0 saturated carbocycles. The van der Waals surface area contributed by atoms with Crippen molar-refractivity contribution in [2.24, 2.45) is 0 Å². The predicted molar refractivity (Wildman–Crippen MR) is 137 cm³/mol. The summed E-state index contributed by atoms with van der Waals surface area (Å²) in [6.07, 6.45) is 1.87. The van der Waals surface area contributed by atoms with Crippen LogP contribution in [0.25, 0.3) is 58.9 Å². The van der Waals surface area contributed by atoms with Crippen LogP contribution in [0.4, 0.5) is 0 Å². The van der Waals surface area contributed by atoms with E-state index >= 15 is 0 Å². The number of para-hydroxylation sites is 1.